The van der Waals surface area contributed by atoms with E-state index >= 15 is 0 Å². The van der Waals surface area contributed by atoms with Crippen molar-refractivity contribution in [2.75, 3.05) is 27.4 Å². The third-order valence-electron chi connectivity index (χ3n) is 3.72. The second-order valence-corrected chi connectivity index (χ2v) is 5.98. The standard InChI is InChI=1S/C16H19BrN2O4/c1-10-13(15(20)23-3)14(11-4-6-12(17)7-5-11)18-16(21)19(10)8-9-22-2/h4-7,14H,8-9H2,1-3H3,(H,18,21)/t14-/m0/s1. The van der Waals surface area contributed by atoms with Gasteiger partial charge in [0.1, 0.15) is 0 Å². The third-order valence-corrected chi connectivity index (χ3v) is 4.25. The number of rotatable bonds is 5. The molecule has 0 unspecified atom stereocenters. The van der Waals surface area contributed by atoms with Crippen LogP contribution in [0.1, 0.15) is 18.5 Å². The Kier molecular flexibility index (Phi) is 5.79. The average molecular weight is 383 g/mol. The molecule has 1 aliphatic rings. The molecule has 0 radical (unpaired) electrons. The van der Waals surface area contributed by atoms with Gasteiger partial charge in [0.25, 0.3) is 0 Å². The fraction of sp³-hybridized carbons (Fsp3) is 0.375. The number of esters is 1. The number of nitrogens with zero attached hydrogens (tertiary/aromatic N) is 1. The molecule has 0 spiro atoms. The number of halogens is 1. The molecule has 0 fully saturated rings. The van der Waals surface area contributed by atoms with Gasteiger partial charge in [-0.25, -0.2) is 9.59 Å². The first-order chi connectivity index (χ1) is 11.0. The molecule has 0 bridgehead atoms. The molecule has 2 amide bonds. The van der Waals surface area contributed by atoms with Crippen LogP contribution in [0.15, 0.2) is 40.0 Å². The van der Waals surface area contributed by atoms with Gasteiger partial charge in [-0.2, -0.15) is 0 Å². The molecule has 1 N–H and O–H groups in total. The van der Waals surface area contributed by atoms with Gasteiger partial charge in [-0.3, -0.25) is 4.90 Å². The Morgan fingerprint density at radius 2 is 1.96 bits per heavy atom. The number of methoxy groups -OCH3 is 2. The van der Waals surface area contributed by atoms with Crippen molar-refractivity contribution in [3.8, 4) is 0 Å². The van der Waals surface area contributed by atoms with Gasteiger partial charge in [-0.15, -0.1) is 0 Å². The van der Waals surface area contributed by atoms with Crippen LogP contribution in [0.2, 0.25) is 0 Å². The van der Waals surface area contributed by atoms with Crippen LogP contribution >= 0.6 is 15.9 Å². The highest BCUT2D eigenvalue weighted by molar-refractivity contribution is 9.10. The third kappa shape index (κ3) is 3.73. The van der Waals surface area contributed by atoms with E-state index in [4.69, 9.17) is 9.47 Å². The minimum atomic E-state index is -0.540. The van der Waals surface area contributed by atoms with Gasteiger partial charge in [0.2, 0.25) is 0 Å². The highest BCUT2D eigenvalue weighted by Crippen LogP contribution is 2.31. The SMILES string of the molecule is COCCN1C(=O)N[C@@H](c2ccc(Br)cc2)C(C(=O)OC)=C1C. The molecule has 0 saturated carbocycles. The van der Waals surface area contributed by atoms with Gasteiger partial charge in [0.05, 0.1) is 31.9 Å². The number of ether oxygens (including phenoxy) is 2. The lowest BCUT2D eigenvalue weighted by atomic mass is 9.95. The Labute approximate surface area is 143 Å². The van der Waals surface area contributed by atoms with Gasteiger partial charge in [0.15, 0.2) is 0 Å². The van der Waals surface area contributed by atoms with Crippen molar-refractivity contribution in [2.24, 2.45) is 0 Å². The molecule has 7 heteroatoms. The zero-order valence-electron chi connectivity index (χ0n) is 13.3. The van der Waals surface area contributed by atoms with Crippen LogP contribution in [0.25, 0.3) is 0 Å². The number of urea groups is 1. The molecule has 1 atom stereocenters. The largest absolute Gasteiger partial charge is 0.466 e. The van der Waals surface area contributed by atoms with Crippen LogP contribution in [-0.2, 0) is 14.3 Å². The minimum absolute atomic E-state index is 0.264. The molecule has 2 rings (SSSR count). The topological polar surface area (TPSA) is 67.9 Å². The second kappa shape index (κ2) is 7.61. The molecular weight excluding hydrogens is 364 g/mol. The summed E-state index contributed by atoms with van der Waals surface area (Å²) >= 11 is 3.38. The van der Waals surface area contributed by atoms with E-state index in [0.717, 1.165) is 10.0 Å². The lowest BCUT2D eigenvalue weighted by molar-refractivity contribution is -0.136. The fourth-order valence-corrected chi connectivity index (χ4v) is 2.78. The maximum absolute atomic E-state index is 12.4. The number of nitrogens with one attached hydrogen (secondary N) is 1. The highest BCUT2D eigenvalue weighted by Gasteiger charge is 2.35. The summed E-state index contributed by atoms with van der Waals surface area (Å²) in [4.78, 5) is 26.1. The smallest absolute Gasteiger partial charge is 0.337 e. The fourth-order valence-electron chi connectivity index (χ4n) is 2.51. The lowest BCUT2D eigenvalue weighted by Gasteiger charge is -2.35. The first kappa shape index (κ1) is 17.5. The summed E-state index contributed by atoms with van der Waals surface area (Å²) in [7, 11) is 2.89. The Balaban J connectivity index is 2.45. The summed E-state index contributed by atoms with van der Waals surface area (Å²) in [5.41, 5.74) is 1.81. The number of hydrogen-bond acceptors (Lipinski definition) is 4. The predicted molar refractivity (Wildman–Crippen MR) is 88.7 cm³/mol. The van der Waals surface area contributed by atoms with E-state index in [1.54, 1.807) is 14.0 Å². The van der Waals surface area contributed by atoms with Gasteiger partial charge >= 0.3 is 12.0 Å². The maximum Gasteiger partial charge on any atom is 0.337 e. The van der Waals surface area contributed by atoms with Gasteiger partial charge in [0, 0.05) is 17.3 Å². The normalized spacial score (nSPS) is 18.0. The Bertz CT molecular complexity index is 627. The minimum Gasteiger partial charge on any atom is -0.466 e. The summed E-state index contributed by atoms with van der Waals surface area (Å²) in [5.74, 6) is -0.460. The molecule has 6 nitrogen and oxygen atoms in total. The molecule has 1 aliphatic heterocycles. The van der Waals surface area contributed by atoms with Gasteiger partial charge in [-0.05, 0) is 24.6 Å². The molecule has 124 valence electrons. The number of hydrogen-bond donors (Lipinski definition) is 1. The summed E-state index contributed by atoms with van der Waals surface area (Å²) in [6, 6.07) is 6.64. The Hall–Kier alpha value is -1.86. The summed E-state index contributed by atoms with van der Waals surface area (Å²) in [6.45, 7) is 2.48. The number of carbonyl (C=O) groups excluding carboxylic acids is 2. The van der Waals surface area contributed by atoms with E-state index in [9.17, 15) is 9.59 Å². The van der Waals surface area contributed by atoms with Gasteiger partial charge < -0.3 is 14.8 Å². The van der Waals surface area contributed by atoms with Crippen molar-refractivity contribution in [3.05, 3.63) is 45.6 Å². The van der Waals surface area contributed by atoms with Crippen LogP contribution in [0.4, 0.5) is 4.79 Å². The van der Waals surface area contributed by atoms with Crippen LogP contribution in [0.3, 0.4) is 0 Å². The van der Waals surface area contributed by atoms with E-state index in [1.807, 2.05) is 24.3 Å². The number of allylic oxidation sites excluding steroid dienone is 1. The first-order valence-corrected chi connectivity index (χ1v) is 7.90. The number of amides is 2. The maximum atomic E-state index is 12.4. The molecule has 1 aromatic rings. The van der Waals surface area contributed by atoms with E-state index in [1.165, 1.54) is 12.0 Å². The quantitative estimate of drug-likeness (QED) is 0.794. The monoisotopic (exact) mass is 382 g/mol. The van der Waals surface area contributed by atoms with Crippen molar-refractivity contribution in [1.82, 2.24) is 10.2 Å². The predicted octanol–water partition coefficient (Wildman–Crippen LogP) is 2.61. The molecule has 0 aliphatic carbocycles. The average Bonchev–Trinajstić information content (AvgIpc) is 2.54. The zero-order chi connectivity index (χ0) is 17.0. The molecule has 23 heavy (non-hydrogen) atoms. The van der Waals surface area contributed by atoms with E-state index in [2.05, 4.69) is 21.2 Å². The summed E-state index contributed by atoms with van der Waals surface area (Å²) in [5, 5.41) is 2.86. The molecular formula is C16H19BrN2O4. The van der Waals surface area contributed by atoms with E-state index in [0.29, 0.717) is 24.4 Å². The van der Waals surface area contributed by atoms with Crippen LogP contribution in [-0.4, -0.2) is 44.3 Å². The molecule has 1 heterocycles. The van der Waals surface area contributed by atoms with Crippen LogP contribution in [0, 0.1) is 0 Å². The molecule has 0 aromatic heterocycles. The van der Waals surface area contributed by atoms with Crippen molar-refractivity contribution in [1.29, 1.82) is 0 Å². The van der Waals surface area contributed by atoms with E-state index in [-0.39, 0.29) is 6.03 Å². The zero-order valence-corrected chi connectivity index (χ0v) is 14.8. The Morgan fingerprint density at radius 1 is 1.30 bits per heavy atom. The van der Waals surface area contributed by atoms with Crippen LogP contribution in [0.5, 0.6) is 0 Å². The lowest BCUT2D eigenvalue weighted by Crippen LogP contribution is -2.48. The second-order valence-electron chi connectivity index (χ2n) is 5.07. The first-order valence-electron chi connectivity index (χ1n) is 7.11. The number of carbonyl (C=O) groups is 2. The molecule has 1 aromatic carbocycles. The highest BCUT2D eigenvalue weighted by atomic mass is 79.9. The Morgan fingerprint density at radius 3 is 2.52 bits per heavy atom. The summed E-state index contributed by atoms with van der Waals surface area (Å²) < 4.78 is 10.9. The van der Waals surface area contributed by atoms with Gasteiger partial charge in [-0.1, -0.05) is 28.1 Å². The van der Waals surface area contributed by atoms with Crippen LogP contribution < -0.4 is 5.32 Å². The molecule has 0 saturated heterocycles. The van der Waals surface area contributed by atoms with Crippen molar-refractivity contribution >= 4 is 27.9 Å². The van der Waals surface area contributed by atoms with Crippen molar-refractivity contribution < 1.29 is 19.1 Å². The van der Waals surface area contributed by atoms with Crippen molar-refractivity contribution in [2.45, 2.75) is 13.0 Å². The summed E-state index contributed by atoms with van der Waals surface area (Å²) in [6.07, 6.45) is 0. The number of benzene rings is 1. The van der Waals surface area contributed by atoms with Crippen molar-refractivity contribution in [3.63, 3.8) is 0 Å². The van der Waals surface area contributed by atoms with E-state index < -0.39 is 12.0 Å².